The van der Waals surface area contributed by atoms with E-state index in [1.54, 1.807) is 0 Å². The molecular formula is C14H18N2O2. The van der Waals surface area contributed by atoms with Crippen LogP contribution in [0.15, 0.2) is 16.7 Å². The van der Waals surface area contributed by atoms with E-state index in [-0.39, 0.29) is 18.4 Å². The van der Waals surface area contributed by atoms with E-state index in [0.29, 0.717) is 5.69 Å². The molecule has 1 aromatic heterocycles. The molecule has 0 saturated heterocycles. The maximum absolute atomic E-state index is 11.7. The van der Waals surface area contributed by atoms with Gasteiger partial charge >= 0.3 is 0 Å². The van der Waals surface area contributed by atoms with Gasteiger partial charge in [-0.3, -0.25) is 4.79 Å². The maximum Gasteiger partial charge on any atom is 0.226 e. The van der Waals surface area contributed by atoms with Crippen LogP contribution in [0.25, 0.3) is 11.0 Å². The molecule has 1 N–H and O–H groups in total. The number of carbonyl (C=O) groups excluding carboxylic acids is 1. The molecule has 4 heteroatoms. The average Bonchev–Trinajstić information content (AvgIpc) is 2.61. The van der Waals surface area contributed by atoms with Crippen molar-refractivity contribution < 1.29 is 9.32 Å². The van der Waals surface area contributed by atoms with Gasteiger partial charge in [0, 0.05) is 11.4 Å². The molecule has 2 aromatic rings. The summed E-state index contributed by atoms with van der Waals surface area (Å²) in [5.41, 5.74) is 3.78. The molecule has 96 valence electrons. The molecule has 4 nitrogen and oxygen atoms in total. The number of hydrogen-bond donors (Lipinski definition) is 1. The number of amides is 1. The minimum absolute atomic E-state index is 0.0292. The van der Waals surface area contributed by atoms with E-state index < -0.39 is 0 Å². The van der Waals surface area contributed by atoms with Crippen LogP contribution in [0.1, 0.15) is 30.7 Å². The number of benzene rings is 1. The van der Waals surface area contributed by atoms with Gasteiger partial charge in [-0.05, 0) is 51.0 Å². The van der Waals surface area contributed by atoms with Crippen LogP contribution in [0, 0.1) is 13.8 Å². The fourth-order valence-electron chi connectivity index (χ4n) is 1.90. The first kappa shape index (κ1) is 12.6. The van der Waals surface area contributed by atoms with Crippen molar-refractivity contribution in [3.8, 4) is 0 Å². The van der Waals surface area contributed by atoms with E-state index >= 15 is 0 Å². The van der Waals surface area contributed by atoms with Crippen LogP contribution in [0.3, 0.4) is 0 Å². The number of nitrogens with zero attached hydrogens (tertiary/aromatic N) is 1. The molecule has 0 aliphatic rings. The second kappa shape index (κ2) is 4.80. The summed E-state index contributed by atoms with van der Waals surface area (Å²) in [6, 6.07) is 4.13. The smallest absolute Gasteiger partial charge is 0.226 e. The quantitative estimate of drug-likeness (QED) is 0.905. The van der Waals surface area contributed by atoms with Crippen molar-refractivity contribution in [3.63, 3.8) is 0 Å². The van der Waals surface area contributed by atoms with Crippen molar-refractivity contribution in [3.05, 3.63) is 29.0 Å². The Balaban J connectivity index is 2.29. The molecule has 1 amide bonds. The Hall–Kier alpha value is -1.84. The predicted molar refractivity (Wildman–Crippen MR) is 70.5 cm³/mol. The lowest BCUT2D eigenvalue weighted by Crippen LogP contribution is -2.31. The van der Waals surface area contributed by atoms with E-state index in [0.717, 1.165) is 16.5 Å². The normalized spacial score (nSPS) is 11.2. The topological polar surface area (TPSA) is 55.1 Å². The Kier molecular flexibility index (Phi) is 3.36. The fourth-order valence-corrected chi connectivity index (χ4v) is 1.90. The third-order valence-electron chi connectivity index (χ3n) is 2.94. The van der Waals surface area contributed by atoms with E-state index in [1.807, 2.05) is 39.8 Å². The lowest BCUT2D eigenvalue weighted by atomic mass is 10.1. The molecule has 1 heterocycles. The number of fused-ring (bicyclic) bond motifs is 1. The highest BCUT2D eigenvalue weighted by molar-refractivity contribution is 5.87. The van der Waals surface area contributed by atoms with Crippen LogP contribution in [-0.2, 0) is 11.2 Å². The summed E-state index contributed by atoms with van der Waals surface area (Å²) in [5.74, 6) is -0.0292. The van der Waals surface area contributed by atoms with Crippen molar-refractivity contribution in [2.45, 2.75) is 40.2 Å². The molecule has 0 aliphatic carbocycles. The van der Waals surface area contributed by atoms with Gasteiger partial charge in [0.2, 0.25) is 5.91 Å². The molecule has 0 atom stereocenters. The summed E-state index contributed by atoms with van der Waals surface area (Å²) >= 11 is 0. The van der Waals surface area contributed by atoms with Crippen molar-refractivity contribution >= 4 is 16.9 Å². The van der Waals surface area contributed by atoms with Gasteiger partial charge in [0.1, 0.15) is 5.69 Å². The SMILES string of the molecule is Cc1cc2onc(CC(=O)NC(C)C)c2cc1C. The first-order valence-electron chi connectivity index (χ1n) is 6.12. The minimum atomic E-state index is -0.0292. The van der Waals surface area contributed by atoms with Gasteiger partial charge in [0.15, 0.2) is 5.58 Å². The minimum Gasteiger partial charge on any atom is -0.356 e. The largest absolute Gasteiger partial charge is 0.356 e. The van der Waals surface area contributed by atoms with Crippen LogP contribution < -0.4 is 5.32 Å². The summed E-state index contributed by atoms with van der Waals surface area (Å²) in [7, 11) is 0. The molecule has 0 bridgehead atoms. The first-order valence-corrected chi connectivity index (χ1v) is 6.12. The summed E-state index contributed by atoms with van der Waals surface area (Å²) in [6.45, 7) is 7.95. The van der Waals surface area contributed by atoms with Gasteiger partial charge in [0.05, 0.1) is 6.42 Å². The van der Waals surface area contributed by atoms with Gasteiger partial charge in [-0.2, -0.15) is 0 Å². The Morgan fingerprint density at radius 1 is 1.33 bits per heavy atom. The third kappa shape index (κ3) is 2.53. The Bertz CT molecular complexity index is 585. The molecule has 0 radical (unpaired) electrons. The number of nitrogens with one attached hydrogen (secondary N) is 1. The highest BCUT2D eigenvalue weighted by Gasteiger charge is 2.13. The zero-order chi connectivity index (χ0) is 13.3. The summed E-state index contributed by atoms with van der Waals surface area (Å²) in [5, 5.41) is 7.77. The number of hydrogen-bond acceptors (Lipinski definition) is 3. The standard InChI is InChI=1S/C14H18N2O2/c1-8(2)15-14(17)7-12-11-5-9(3)10(4)6-13(11)18-16-12/h5-6,8H,7H2,1-4H3,(H,15,17). The number of aryl methyl sites for hydroxylation is 2. The van der Waals surface area contributed by atoms with Crippen LogP contribution in [0.2, 0.25) is 0 Å². The molecule has 0 unspecified atom stereocenters. The molecular weight excluding hydrogens is 228 g/mol. The highest BCUT2D eigenvalue weighted by atomic mass is 16.5. The lowest BCUT2D eigenvalue weighted by Gasteiger charge is -2.06. The molecule has 0 saturated carbocycles. The van der Waals surface area contributed by atoms with Gasteiger partial charge in [0.25, 0.3) is 0 Å². The van der Waals surface area contributed by atoms with Crippen molar-refractivity contribution in [1.29, 1.82) is 0 Å². The lowest BCUT2D eigenvalue weighted by molar-refractivity contribution is -0.120. The molecule has 0 fully saturated rings. The summed E-state index contributed by atoms with van der Waals surface area (Å²) in [6.07, 6.45) is 0.258. The van der Waals surface area contributed by atoms with Crippen LogP contribution in [0.5, 0.6) is 0 Å². The van der Waals surface area contributed by atoms with Crippen molar-refractivity contribution in [2.24, 2.45) is 0 Å². The molecule has 0 aliphatic heterocycles. The van der Waals surface area contributed by atoms with Gasteiger partial charge in [-0.1, -0.05) is 5.16 Å². The number of aromatic nitrogens is 1. The monoisotopic (exact) mass is 246 g/mol. The maximum atomic E-state index is 11.7. The Morgan fingerprint density at radius 3 is 2.67 bits per heavy atom. The Labute approximate surface area is 106 Å². The molecule has 2 rings (SSSR count). The summed E-state index contributed by atoms with van der Waals surface area (Å²) < 4.78 is 5.26. The van der Waals surface area contributed by atoms with Gasteiger partial charge in [-0.15, -0.1) is 0 Å². The first-order chi connectivity index (χ1) is 8.47. The number of rotatable bonds is 3. The third-order valence-corrected chi connectivity index (χ3v) is 2.94. The highest BCUT2D eigenvalue weighted by Crippen LogP contribution is 2.22. The number of carbonyl (C=O) groups is 1. The van der Waals surface area contributed by atoms with Crippen molar-refractivity contribution in [1.82, 2.24) is 10.5 Å². The molecule has 0 spiro atoms. The van der Waals surface area contributed by atoms with Crippen molar-refractivity contribution in [2.75, 3.05) is 0 Å². The molecule has 18 heavy (non-hydrogen) atoms. The van der Waals surface area contributed by atoms with E-state index in [9.17, 15) is 4.79 Å². The Morgan fingerprint density at radius 2 is 2.00 bits per heavy atom. The van der Waals surface area contributed by atoms with E-state index in [1.165, 1.54) is 5.56 Å². The zero-order valence-corrected chi connectivity index (χ0v) is 11.2. The second-order valence-electron chi connectivity index (χ2n) is 4.96. The van der Waals surface area contributed by atoms with Crippen LogP contribution in [-0.4, -0.2) is 17.1 Å². The van der Waals surface area contributed by atoms with E-state index in [2.05, 4.69) is 10.5 Å². The van der Waals surface area contributed by atoms with Gasteiger partial charge < -0.3 is 9.84 Å². The summed E-state index contributed by atoms with van der Waals surface area (Å²) in [4.78, 5) is 11.7. The predicted octanol–water partition coefficient (Wildman–Crippen LogP) is 2.51. The van der Waals surface area contributed by atoms with Crippen LogP contribution in [0.4, 0.5) is 0 Å². The zero-order valence-electron chi connectivity index (χ0n) is 11.2. The van der Waals surface area contributed by atoms with Crippen LogP contribution >= 0.6 is 0 Å². The second-order valence-corrected chi connectivity index (χ2v) is 4.96. The van der Waals surface area contributed by atoms with E-state index in [4.69, 9.17) is 4.52 Å². The fraction of sp³-hybridized carbons (Fsp3) is 0.429. The molecule has 1 aromatic carbocycles. The van der Waals surface area contributed by atoms with Gasteiger partial charge in [-0.25, -0.2) is 0 Å². The average molecular weight is 246 g/mol.